The number of alkyl halides is 2. The van der Waals surface area contributed by atoms with Crippen LogP contribution >= 0.6 is 47.2 Å². The van der Waals surface area contributed by atoms with Gasteiger partial charge in [-0.25, -0.2) is 0 Å². The molecule has 4 nitrogen and oxygen atoms in total. The molecule has 0 bridgehead atoms. The van der Waals surface area contributed by atoms with E-state index in [9.17, 15) is 9.90 Å². The number of carbonyl (C=O) groups excluding carboxylic acids is 1. The van der Waals surface area contributed by atoms with Crippen LogP contribution in [0.1, 0.15) is 5.56 Å². The van der Waals surface area contributed by atoms with Crippen molar-refractivity contribution in [1.29, 1.82) is 0 Å². The summed E-state index contributed by atoms with van der Waals surface area (Å²) in [7, 11) is 0. The normalized spacial score (nSPS) is 16.8. The molecule has 1 N–H and O–H groups in total. The molecule has 0 unspecified atom stereocenters. The maximum absolute atomic E-state index is 12.6. The highest BCUT2D eigenvalue weighted by atomic mass is 35.5. The van der Waals surface area contributed by atoms with Crippen molar-refractivity contribution in [2.45, 2.75) is 0 Å². The third-order valence-corrected chi connectivity index (χ3v) is 4.96. The van der Waals surface area contributed by atoms with Crippen LogP contribution in [-0.2, 0) is 4.79 Å². The number of nitrogens with zero attached hydrogens (tertiary/aromatic N) is 2. The third kappa shape index (κ3) is 4.84. The van der Waals surface area contributed by atoms with E-state index in [-0.39, 0.29) is 11.7 Å². The number of carbonyl (C=O) groups is 1. The number of halogens is 2. The lowest BCUT2D eigenvalue weighted by atomic mass is 10.2. The number of phenols is 1. The molecular weight excluding hydrogens is 375 g/mol. The molecule has 1 aromatic rings. The van der Waals surface area contributed by atoms with Crippen molar-refractivity contribution in [3.05, 3.63) is 34.7 Å². The second-order valence-corrected chi connectivity index (χ2v) is 7.24. The van der Waals surface area contributed by atoms with E-state index in [1.54, 1.807) is 30.3 Å². The highest BCUT2D eigenvalue weighted by Crippen LogP contribution is 2.34. The Morgan fingerprint density at radius 2 is 1.91 bits per heavy atom. The number of phenolic OH excluding ortho intramolecular Hbond substituents is 1. The molecular formula is C15H16Cl2N2O2S2. The maximum atomic E-state index is 12.6. The largest absolute Gasteiger partial charge is 0.507 e. The van der Waals surface area contributed by atoms with Crippen molar-refractivity contribution in [3.63, 3.8) is 0 Å². The summed E-state index contributed by atoms with van der Waals surface area (Å²) in [6.45, 7) is 1.62. The van der Waals surface area contributed by atoms with Crippen LogP contribution in [-0.4, -0.2) is 56.7 Å². The highest BCUT2D eigenvalue weighted by molar-refractivity contribution is 8.26. The van der Waals surface area contributed by atoms with Gasteiger partial charge in [-0.3, -0.25) is 14.6 Å². The van der Waals surface area contributed by atoms with E-state index in [0.29, 0.717) is 46.3 Å². The minimum atomic E-state index is -0.169. The molecule has 1 aliphatic rings. The predicted molar refractivity (Wildman–Crippen MR) is 101 cm³/mol. The number of hydrogen-bond donors (Lipinski definition) is 1. The Bertz CT molecular complexity index is 619. The predicted octanol–water partition coefficient (Wildman–Crippen LogP) is 3.33. The van der Waals surface area contributed by atoms with E-state index in [1.165, 1.54) is 16.7 Å². The molecule has 0 aliphatic carbocycles. The monoisotopic (exact) mass is 390 g/mol. The molecule has 1 saturated heterocycles. The number of thiocarbonyl (C=S) groups is 1. The molecule has 1 aromatic carbocycles. The van der Waals surface area contributed by atoms with Crippen LogP contribution < -0.4 is 0 Å². The fraction of sp³-hybridized carbons (Fsp3) is 0.333. The lowest BCUT2D eigenvalue weighted by molar-refractivity contribution is -0.123. The van der Waals surface area contributed by atoms with Crippen molar-refractivity contribution in [3.8, 4) is 5.75 Å². The minimum absolute atomic E-state index is 0.128. The zero-order valence-corrected chi connectivity index (χ0v) is 15.4. The Morgan fingerprint density at radius 1 is 1.26 bits per heavy atom. The molecule has 1 heterocycles. The first-order valence-electron chi connectivity index (χ1n) is 6.94. The summed E-state index contributed by atoms with van der Waals surface area (Å²) in [4.78, 5) is 16.6. The van der Waals surface area contributed by atoms with Gasteiger partial charge in [0, 0.05) is 30.4 Å². The fourth-order valence-corrected chi connectivity index (χ4v) is 3.78. The molecule has 1 aliphatic heterocycles. The van der Waals surface area contributed by atoms with Gasteiger partial charge < -0.3 is 5.11 Å². The average Bonchev–Trinajstić information content (AvgIpc) is 2.78. The van der Waals surface area contributed by atoms with Crippen molar-refractivity contribution in [1.82, 2.24) is 9.80 Å². The second-order valence-electron chi connectivity index (χ2n) is 4.81. The number of thioether (sulfide) groups is 1. The summed E-state index contributed by atoms with van der Waals surface area (Å²) in [5.74, 6) is 0.875. The van der Waals surface area contributed by atoms with Crippen molar-refractivity contribution < 1.29 is 9.90 Å². The van der Waals surface area contributed by atoms with Gasteiger partial charge in [0.15, 0.2) is 0 Å². The maximum Gasteiger partial charge on any atom is 0.267 e. The second kappa shape index (κ2) is 8.89. The molecule has 0 radical (unpaired) electrons. The lowest BCUT2D eigenvalue weighted by Crippen LogP contribution is -2.42. The Balaban J connectivity index is 2.15. The van der Waals surface area contributed by atoms with Gasteiger partial charge in [0.2, 0.25) is 0 Å². The van der Waals surface area contributed by atoms with Gasteiger partial charge in [0.05, 0.1) is 11.6 Å². The first-order valence-corrected chi connectivity index (χ1v) is 9.24. The average molecular weight is 391 g/mol. The van der Waals surface area contributed by atoms with Crippen LogP contribution in [0.4, 0.5) is 0 Å². The van der Waals surface area contributed by atoms with Gasteiger partial charge in [0.25, 0.3) is 5.91 Å². The standard InChI is InChI=1S/C15H16Cl2N2O2S2/c16-5-7-18(8-6-17)10-19-14(21)13(23-15(19)22)9-11-3-1-2-4-12(11)20/h1-4,9,20H,5-8,10H2/b13-9-. The Labute approximate surface area is 155 Å². The van der Waals surface area contributed by atoms with E-state index >= 15 is 0 Å². The fourth-order valence-electron chi connectivity index (χ4n) is 2.06. The van der Waals surface area contributed by atoms with Crippen LogP contribution in [0.15, 0.2) is 29.2 Å². The van der Waals surface area contributed by atoms with E-state index in [4.69, 9.17) is 35.4 Å². The third-order valence-electron chi connectivity index (χ3n) is 3.24. The minimum Gasteiger partial charge on any atom is -0.507 e. The smallest absolute Gasteiger partial charge is 0.267 e. The van der Waals surface area contributed by atoms with E-state index in [1.807, 2.05) is 4.90 Å². The molecule has 23 heavy (non-hydrogen) atoms. The molecule has 1 fully saturated rings. The molecule has 0 atom stereocenters. The summed E-state index contributed by atoms with van der Waals surface area (Å²) >= 11 is 18.1. The SMILES string of the molecule is O=C1/C(=C/c2ccccc2O)SC(=S)N1CN(CCCl)CCCl. The molecule has 124 valence electrons. The number of para-hydroxylation sites is 1. The first kappa shape index (κ1) is 18.5. The van der Waals surface area contributed by atoms with Crippen LogP contribution in [0.5, 0.6) is 5.75 Å². The molecule has 0 spiro atoms. The van der Waals surface area contributed by atoms with Crippen molar-refractivity contribution in [2.75, 3.05) is 31.5 Å². The number of hydrogen-bond acceptors (Lipinski definition) is 5. The first-order chi connectivity index (χ1) is 11.1. The van der Waals surface area contributed by atoms with Gasteiger partial charge in [-0.15, -0.1) is 23.2 Å². The number of aromatic hydroxyl groups is 1. The van der Waals surface area contributed by atoms with E-state index in [2.05, 4.69) is 0 Å². The lowest BCUT2D eigenvalue weighted by Gasteiger charge is -2.25. The van der Waals surface area contributed by atoms with Crippen LogP contribution in [0.3, 0.4) is 0 Å². The van der Waals surface area contributed by atoms with Gasteiger partial charge in [0.1, 0.15) is 10.1 Å². The topological polar surface area (TPSA) is 43.8 Å². The van der Waals surface area contributed by atoms with Crippen LogP contribution in [0.25, 0.3) is 6.08 Å². The molecule has 0 aromatic heterocycles. The molecule has 0 saturated carbocycles. The highest BCUT2D eigenvalue weighted by Gasteiger charge is 2.33. The Kier molecular flexibility index (Phi) is 7.17. The zero-order valence-electron chi connectivity index (χ0n) is 12.2. The van der Waals surface area contributed by atoms with Crippen molar-refractivity contribution in [2.24, 2.45) is 0 Å². The van der Waals surface area contributed by atoms with Crippen molar-refractivity contribution >= 4 is 63.5 Å². The Hall–Kier alpha value is -0.790. The number of rotatable bonds is 7. The number of benzene rings is 1. The summed E-state index contributed by atoms with van der Waals surface area (Å²) in [6.07, 6.45) is 1.65. The Morgan fingerprint density at radius 3 is 2.52 bits per heavy atom. The van der Waals surface area contributed by atoms with Gasteiger partial charge >= 0.3 is 0 Å². The van der Waals surface area contributed by atoms with E-state index in [0.717, 1.165) is 0 Å². The summed E-state index contributed by atoms with van der Waals surface area (Å²) in [5.41, 5.74) is 0.589. The van der Waals surface area contributed by atoms with Gasteiger partial charge in [-0.05, 0) is 12.1 Å². The quantitative estimate of drug-likeness (QED) is 0.439. The number of amides is 1. The van der Waals surface area contributed by atoms with Gasteiger partial charge in [-0.2, -0.15) is 0 Å². The van der Waals surface area contributed by atoms with Crippen LogP contribution in [0.2, 0.25) is 0 Å². The summed E-state index contributed by atoms with van der Waals surface area (Å²) in [6, 6.07) is 6.85. The molecule has 2 rings (SSSR count). The zero-order chi connectivity index (χ0) is 16.8. The van der Waals surface area contributed by atoms with Gasteiger partial charge in [-0.1, -0.05) is 42.2 Å². The molecule has 1 amide bonds. The van der Waals surface area contributed by atoms with E-state index < -0.39 is 0 Å². The van der Waals surface area contributed by atoms with Crippen LogP contribution in [0, 0.1) is 0 Å². The summed E-state index contributed by atoms with van der Waals surface area (Å²) in [5, 5.41) is 9.83. The molecule has 8 heteroatoms. The summed E-state index contributed by atoms with van der Waals surface area (Å²) < 4.78 is 0.491.